The molecule has 1 aliphatic rings. The molecule has 0 bridgehead atoms. The zero-order valence-corrected chi connectivity index (χ0v) is 9.22. The Morgan fingerprint density at radius 3 is 3.00 bits per heavy atom. The van der Waals surface area contributed by atoms with Gasteiger partial charge in [0.25, 0.3) is 0 Å². The maximum atomic E-state index is 10.2. The average Bonchev–Trinajstić information content (AvgIpc) is 2.70. The largest absolute Gasteiger partial charge is 0.385 e. The Morgan fingerprint density at radius 1 is 1.57 bits per heavy atom. The lowest BCUT2D eigenvalue weighted by atomic mass is 9.89. The lowest BCUT2D eigenvalue weighted by Crippen LogP contribution is -2.38. The Balaban J connectivity index is 2.13. The second-order valence-corrected chi connectivity index (χ2v) is 5.02. The Bertz CT molecular complexity index is 275. The third-order valence-corrected chi connectivity index (χ3v) is 3.82. The first-order chi connectivity index (χ1) is 6.72. The van der Waals surface area contributed by atoms with Crippen LogP contribution in [0, 0.1) is 0 Å². The van der Waals surface area contributed by atoms with E-state index in [2.05, 4.69) is 0 Å². The smallest absolute Gasteiger partial charge is 0.117 e. The standard InChI is InChI=1S/C11H16O2S/c1-11(6-2-3-7-13-11)10(12)9-5-4-8-14-9/h4-5,8,10,12H,2-3,6-7H2,1H3. The number of aliphatic hydroxyl groups is 1. The highest BCUT2D eigenvalue weighted by Crippen LogP contribution is 2.37. The van der Waals surface area contributed by atoms with E-state index in [1.165, 1.54) is 0 Å². The second-order valence-electron chi connectivity index (χ2n) is 4.04. The number of ether oxygens (including phenoxy) is 1. The molecule has 14 heavy (non-hydrogen) atoms. The first-order valence-corrected chi connectivity index (χ1v) is 5.96. The van der Waals surface area contributed by atoms with Crippen LogP contribution in [0.1, 0.15) is 37.2 Å². The minimum absolute atomic E-state index is 0.372. The minimum atomic E-state index is -0.470. The predicted octanol–water partition coefficient (Wildman–Crippen LogP) is 2.74. The van der Waals surface area contributed by atoms with Crippen LogP contribution in [-0.4, -0.2) is 17.3 Å². The first-order valence-electron chi connectivity index (χ1n) is 5.08. The fourth-order valence-corrected chi connectivity index (χ4v) is 2.77. The number of aliphatic hydroxyl groups excluding tert-OH is 1. The molecule has 0 radical (unpaired) electrons. The molecule has 2 atom stereocenters. The molecule has 0 amide bonds. The van der Waals surface area contributed by atoms with E-state index in [-0.39, 0.29) is 5.60 Å². The van der Waals surface area contributed by atoms with Gasteiger partial charge in [-0.15, -0.1) is 11.3 Å². The normalized spacial score (nSPS) is 30.1. The lowest BCUT2D eigenvalue weighted by Gasteiger charge is -2.37. The molecule has 1 aromatic rings. The molecule has 3 heteroatoms. The SMILES string of the molecule is CC1(C(O)c2cccs2)CCCCO1. The quantitative estimate of drug-likeness (QED) is 0.816. The van der Waals surface area contributed by atoms with E-state index in [4.69, 9.17) is 4.74 Å². The molecule has 1 aromatic heterocycles. The van der Waals surface area contributed by atoms with Crippen LogP contribution in [-0.2, 0) is 4.74 Å². The van der Waals surface area contributed by atoms with Crippen LogP contribution in [0.5, 0.6) is 0 Å². The zero-order valence-electron chi connectivity index (χ0n) is 8.40. The van der Waals surface area contributed by atoms with Crippen molar-refractivity contribution in [3.05, 3.63) is 22.4 Å². The third-order valence-electron chi connectivity index (χ3n) is 2.89. The van der Waals surface area contributed by atoms with Gasteiger partial charge >= 0.3 is 0 Å². The van der Waals surface area contributed by atoms with E-state index in [9.17, 15) is 5.11 Å². The fourth-order valence-electron chi connectivity index (χ4n) is 1.92. The van der Waals surface area contributed by atoms with E-state index in [0.717, 1.165) is 30.7 Å². The molecule has 1 fully saturated rings. The molecule has 0 aromatic carbocycles. The maximum Gasteiger partial charge on any atom is 0.117 e. The Kier molecular flexibility index (Phi) is 2.91. The van der Waals surface area contributed by atoms with Gasteiger partial charge in [-0.05, 0) is 37.6 Å². The van der Waals surface area contributed by atoms with Crippen LogP contribution in [0.4, 0.5) is 0 Å². The molecular weight excluding hydrogens is 196 g/mol. The number of thiophene rings is 1. The fraction of sp³-hybridized carbons (Fsp3) is 0.636. The van der Waals surface area contributed by atoms with Gasteiger partial charge in [-0.3, -0.25) is 0 Å². The summed E-state index contributed by atoms with van der Waals surface area (Å²) in [7, 11) is 0. The summed E-state index contributed by atoms with van der Waals surface area (Å²) in [6.45, 7) is 2.79. The predicted molar refractivity (Wildman–Crippen MR) is 57.5 cm³/mol. The summed E-state index contributed by atoms with van der Waals surface area (Å²) in [5, 5.41) is 12.2. The van der Waals surface area contributed by atoms with Crippen LogP contribution in [0.25, 0.3) is 0 Å². The van der Waals surface area contributed by atoms with Crippen LogP contribution < -0.4 is 0 Å². The highest BCUT2D eigenvalue weighted by atomic mass is 32.1. The van der Waals surface area contributed by atoms with Crippen LogP contribution in [0.15, 0.2) is 17.5 Å². The Hall–Kier alpha value is -0.380. The average molecular weight is 212 g/mol. The van der Waals surface area contributed by atoms with Gasteiger partial charge in [0.05, 0.1) is 5.60 Å². The first kappa shape index (κ1) is 10.1. The van der Waals surface area contributed by atoms with Gasteiger partial charge < -0.3 is 9.84 Å². The molecule has 2 rings (SSSR count). The number of hydrogen-bond donors (Lipinski definition) is 1. The van der Waals surface area contributed by atoms with Crippen molar-refractivity contribution in [2.24, 2.45) is 0 Å². The van der Waals surface area contributed by atoms with Crippen molar-refractivity contribution in [2.75, 3.05) is 6.61 Å². The molecule has 0 saturated carbocycles. The van der Waals surface area contributed by atoms with Crippen molar-refractivity contribution in [2.45, 2.75) is 37.9 Å². The number of hydrogen-bond acceptors (Lipinski definition) is 3. The van der Waals surface area contributed by atoms with Crippen LogP contribution in [0.3, 0.4) is 0 Å². The summed E-state index contributed by atoms with van der Waals surface area (Å²) < 4.78 is 5.71. The molecule has 2 unspecified atom stereocenters. The summed E-state index contributed by atoms with van der Waals surface area (Å²) in [4.78, 5) is 1.01. The van der Waals surface area contributed by atoms with Crippen molar-refractivity contribution in [3.63, 3.8) is 0 Å². The summed E-state index contributed by atoms with van der Waals surface area (Å²) in [6, 6.07) is 3.94. The summed E-state index contributed by atoms with van der Waals surface area (Å²) in [5.41, 5.74) is -0.372. The minimum Gasteiger partial charge on any atom is -0.385 e. The van der Waals surface area contributed by atoms with Gasteiger partial charge in [0.2, 0.25) is 0 Å². The Labute approximate surface area is 88.5 Å². The number of rotatable bonds is 2. The van der Waals surface area contributed by atoms with Crippen LogP contribution >= 0.6 is 11.3 Å². The zero-order chi connectivity index (χ0) is 10.0. The maximum absolute atomic E-state index is 10.2. The third kappa shape index (κ3) is 1.85. The molecule has 2 nitrogen and oxygen atoms in total. The molecular formula is C11H16O2S. The topological polar surface area (TPSA) is 29.5 Å². The molecule has 2 heterocycles. The van der Waals surface area contributed by atoms with Crippen molar-refractivity contribution in [1.29, 1.82) is 0 Å². The van der Waals surface area contributed by atoms with Gasteiger partial charge in [0, 0.05) is 11.5 Å². The van der Waals surface area contributed by atoms with Gasteiger partial charge in [-0.2, -0.15) is 0 Å². The molecule has 1 N–H and O–H groups in total. The van der Waals surface area contributed by atoms with Crippen LogP contribution in [0.2, 0.25) is 0 Å². The monoisotopic (exact) mass is 212 g/mol. The van der Waals surface area contributed by atoms with E-state index in [1.807, 2.05) is 24.4 Å². The van der Waals surface area contributed by atoms with Crippen molar-refractivity contribution < 1.29 is 9.84 Å². The molecule has 0 spiro atoms. The summed E-state index contributed by atoms with van der Waals surface area (Å²) >= 11 is 1.59. The molecule has 1 saturated heterocycles. The van der Waals surface area contributed by atoms with E-state index in [1.54, 1.807) is 11.3 Å². The molecule has 78 valence electrons. The summed E-state index contributed by atoms with van der Waals surface area (Å²) in [5.74, 6) is 0. The highest BCUT2D eigenvalue weighted by molar-refractivity contribution is 7.10. The van der Waals surface area contributed by atoms with E-state index < -0.39 is 6.10 Å². The van der Waals surface area contributed by atoms with Crippen molar-refractivity contribution in [3.8, 4) is 0 Å². The molecule has 1 aliphatic heterocycles. The summed E-state index contributed by atoms with van der Waals surface area (Å²) in [6.07, 6.45) is 2.75. The Morgan fingerprint density at radius 2 is 2.43 bits per heavy atom. The molecule has 0 aliphatic carbocycles. The van der Waals surface area contributed by atoms with Gasteiger partial charge in [0.1, 0.15) is 6.10 Å². The van der Waals surface area contributed by atoms with E-state index in [0.29, 0.717) is 0 Å². The van der Waals surface area contributed by atoms with Gasteiger partial charge in [0.15, 0.2) is 0 Å². The van der Waals surface area contributed by atoms with Gasteiger partial charge in [-0.25, -0.2) is 0 Å². The van der Waals surface area contributed by atoms with Crippen molar-refractivity contribution in [1.82, 2.24) is 0 Å². The highest BCUT2D eigenvalue weighted by Gasteiger charge is 2.37. The second kappa shape index (κ2) is 4.01. The van der Waals surface area contributed by atoms with Gasteiger partial charge in [-0.1, -0.05) is 6.07 Å². The van der Waals surface area contributed by atoms with E-state index >= 15 is 0 Å². The van der Waals surface area contributed by atoms with Crippen molar-refractivity contribution >= 4 is 11.3 Å². The lowest BCUT2D eigenvalue weighted by molar-refractivity contribution is -0.137.